The molecule has 2 bridgehead atoms. The summed E-state index contributed by atoms with van der Waals surface area (Å²) in [6.07, 6.45) is 6.51. The number of aryl methyl sites for hydroxylation is 1. The van der Waals surface area contributed by atoms with E-state index in [4.69, 9.17) is 0 Å². The van der Waals surface area contributed by atoms with E-state index in [0.717, 1.165) is 63.3 Å². The Labute approximate surface area is 171 Å². The third kappa shape index (κ3) is 3.39. The fourth-order valence-electron chi connectivity index (χ4n) is 6.09. The largest absolute Gasteiger partial charge is 0.339 e. The van der Waals surface area contributed by atoms with E-state index in [1.807, 2.05) is 17.0 Å². The number of hydrogen-bond donors (Lipinski definition) is 0. The van der Waals surface area contributed by atoms with E-state index in [9.17, 15) is 9.59 Å². The van der Waals surface area contributed by atoms with Crippen LogP contribution in [0.3, 0.4) is 0 Å². The second kappa shape index (κ2) is 7.45. The van der Waals surface area contributed by atoms with E-state index in [2.05, 4.69) is 16.7 Å². The number of likely N-dealkylation sites (tertiary alicyclic amines) is 2. The third-order valence-electron chi connectivity index (χ3n) is 7.43. The average molecular weight is 402 g/mol. The monoisotopic (exact) mass is 401 g/mol. The number of amides is 2. The van der Waals surface area contributed by atoms with Gasteiger partial charge in [0.15, 0.2) is 0 Å². The van der Waals surface area contributed by atoms with Gasteiger partial charge >= 0.3 is 0 Å². The lowest BCUT2D eigenvalue weighted by molar-refractivity contribution is -0.145. The first-order valence-corrected chi connectivity index (χ1v) is 11.8. The summed E-state index contributed by atoms with van der Waals surface area (Å²) in [6, 6.07) is 5.10. The van der Waals surface area contributed by atoms with Crippen LogP contribution >= 0.6 is 11.3 Å². The Bertz CT molecular complexity index is 755. The SMILES string of the molecule is Cc1ccc(C(=O)N2CCC(N3CC4CC(C3)[C@H]3CCCC(=O)N3C4)CC2)s1. The number of nitrogens with zero attached hydrogens (tertiary/aromatic N) is 3. The summed E-state index contributed by atoms with van der Waals surface area (Å²) < 4.78 is 0. The minimum Gasteiger partial charge on any atom is -0.339 e. The van der Waals surface area contributed by atoms with Gasteiger partial charge in [-0.2, -0.15) is 0 Å². The molecule has 6 heteroatoms. The van der Waals surface area contributed by atoms with E-state index in [1.165, 1.54) is 17.7 Å². The van der Waals surface area contributed by atoms with Crippen LogP contribution in [0.4, 0.5) is 0 Å². The zero-order valence-electron chi connectivity index (χ0n) is 16.8. The summed E-state index contributed by atoms with van der Waals surface area (Å²) >= 11 is 1.61. The predicted octanol–water partition coefficient (Wildman–Crippen LogP) is 2.99. The Morgan fingerprint density at radius 3 is 2.68 bits per heavy atom. The summed E-state index contributed by atoms with van der Waals surface area (Å²) in [5.41, 5.74) is 0. The highest BCUT2D eigenvalue weighted by Crippen LogP contribution is 2.39. The average Bonchev–Trinajstić information content (AvgIpc) is 3.15. The van der Waals surface area contributed by atoms with Gasteiger partial charge in [0.25, 0.3) is 5.91 Å². The highest BCUT2D eigenvalue weighted by atomic mass is 32.1. The van der Waals surface area contributed by atoms with Gasteiger partial charge in [-0.15, -0.1) is 11.3 Å². The van der Waals surface area contributed by atoms with Gasteiger partial charge in [-0.25, -0.2) is 0 Å². The molecule has 152 valence electrons. The molecule has 1 aromatic rings. The highest BCUT2D eigenvalue weighted by Gasteiger charge is 2.45. The van der Waals surface area contributed by atoms with Gasteiger partial charge in [0.1, 0.15) is 0 Å². The Hall–Kier alpha value is -1.40. The van der Waals surface area contributed by atoms with Gasteiger partial charge in [-0.1, -0.05) is 0 Å². The second-order valence-electron chi connectivity index (χ2n) is 9.26. The van der Waals surface area contributed by atoms with E-state index < -0.39 is 0 Å². The smallest absolute Gasteiger partial charge is 0.263 e. The summed E-state index contributed by atoms with van der Waals surface area (Å²) in [5, 5.41) is 0. The molecule has 4 fully saturated rings. The van der Waals surface area contributed by atoms with Crippen molar-refractivity contribution in [2.45, 2.75) is 57.5 Å². The zero-order valence-corrected chi connectivity index (χ0v) is 17.6. The van der Waals surface area contributed by atoms with Crippen molar-refractivity contribution < 1.29 is 9.59 Å². The predicted molar refractivity (Wildman–Crippen MR) is 111 cm³/mol. The molecular formula is C22H31N3O2S. The lowest BCUT2D eigenvalue weighted by atomic mass is 9.75. The van der Waals surface area contributed by atoms with Crippen molar-refractivity contribution in [3.05, 3.63) is 21.9 Å². The lowest BCUT2D eigenvalue weighted by Gasteiger charge is -2.54. The zero-order chi connectivity index (χ0) is 19.3. The van der Waals surface area contributed by atoms with E-state index in [0.29, 0.717) is 29.8 Å². The maximum atomic E-state index is 12.7. The van der Waals surface area contributed by atoms with Crippen LogP contribution in [-0.4, -0.2) is 71.3 Å². The van der Waals surface area contributed by atoms with Crippen LogP contribution in [0.15, 0.2) is 12.1 Å². The van der Waals surface area contributed by atoms with Crippen LogP contribution in [0.5, 0.6) is 0 Å². The molecule has 5 heterocycles. The maximum Gasteiger partial charge on any atom is 0.263 e. The number of piperidine rings is 4. The fourth-order valence-corrected chi connectivity index (χ4v) is 6.92. The molecule has 0 saturated carbocycles. The molecule has 28 heavy (non-hydrogen) atoms. The van der Waals surface area contributed by atoms with Gasteiger partial charge < -0.3 is 9.80 Å². The molecule has 2 unspecified atom stereocenters. The Morgan fingerprint density at radius 1 is 1.11 bits per heavy atom. The molecule has 4 saturated heterocycles. The molecule has 5 nitrogen and oxygen atoms in total. The molecule has 4 aliphatic rings. The summed E-state index contributed by atoms with van der Waals surface area (Å²) in [6.45, 7) is 7.07. The number of carbonyl (C=O) groups is 2. The number of fused-ring (bicyclic) bond motifs is 4. The van der Waals surface area contributed by atoms with Crippen molar-refractivity contribution in [2.24, 2.45) is 11.8 Å². The minimum absolute atomic E-state index is 0.212. The highest BCUT2D eigenvalue weighted by molar-refractivity contribution is 7.13. The summed E-state index contributed by atoms with van der Waals surface area (Å²) in [7, 11) is 0. The van der Waals surface area contributed by atoms with E-state index in [-0.39, 0.29) is 5.91 Å². The Morgan fingerprint density at radius 2 is 1.93 bits per heavy atom. The van der Waals surface area contributed by atoms with Crippen LogP contribution in [0.25, 0.3) is 0 Å². The molecule has 1 aromatic heterocycles. The van der Waals surface area contributed by atoms with E-state index >= 15 is 0 Å². The first kappa shape index (κ1) is 18.6. The molecule has 5 rings (SSSR count). The first-order chi connectivity index (χ1) is 13.6. The molecule has 4 aliphatic heterocycles. The normalized spacial score (nSPS) is 31.8. The van der Waals surface area contributed by atoms with Gasteiger partial charge in [0, 0.05) is 56.1 Å². The Balaban J connectivity index is 1.20. The van der Waals surface area contributed by atoms with Crippen LogP contribution < -0.4 is 0 Å². The number of hydrogen-bond acceptors (Lipinski definition) is 4. The van der Waals surface area contributed by atoms with Crippen LogP contribution in [0.1, 0.15) is 53.1 Å². The van der Waals surface area contributed by atoms with E-state index in [1.54, 1.807) is 11.3 Å². The molecule has 0 spiro atoms. The third-order valence-corrected chi connectivity index (χ3v) is 8.42. The molecule has 3 atom stereocenters. The second-order valence-corrected chi connectivity index (χ2v) is 10.5. The van der Waals surface area contributed by atoms with Crippen molar-refractivity contribution in [3.8, 4) is 0 Å². The van der Waals surface area contributed by atoms with Gasteiger partial charge in [-0.3, -0.25) is 14.5 Å². The van der Waals surface area contributed by atoms with Gasteiger partial charge in [0.2, 0.25) is 5.91 Å². The molecule has 0 aliphatic carbocycles. The van der Waals surface area contributed by atoms with Crippen LogP contribution in [0.2, 0.25) is 0 Å². The van der Waals surface area contributed by atoms with Crippen LogP contribution in [0, 0.1) is 18.8 Å². The van der Waals surface area contributed by atoms with Crippen molar-refractivity contribution in [1.29, 1.82) is 0 Å². The molecular weight excluding hydrogens is 370 g/mol. The minimum atomic E-state index is 0.212. The summed E-state index contributed by atoms with van der Waals surface area (Å²) in [4.78, 5) is 34.1. The van der Waals surface area contributed by atoms with Crippen LogP contribution in [-0.2, 0) is 4.79 Å². The number of thiophene rings is 1. The van der Waals surface area contributed by atoms with Crippen molar-refractivity contribution in [3.63, 3.8) is 0 Å². The fraction of sp³-hybridized carbons (Fsp3) is 0.727. The van der Waals surface area contributed by atoms with Crippen molar-refractivity contribution in [1.82, 2.24) is 14.7 Å². The molecule has 0 aromatic carbocycles. The van der Waals surface area contributed by atoms with Gasteiger partial charge in [-0.05, 0) is 63.0 Å². The number of carbonyl (C=O) groups excluding carboxylic acids is 2. The quantitative estimate of drug-likeness (QED) is 0.765. The first-order valence-electron chi connectivity index (χ1n) is 11.0. The maximum absolute atomic E-state index is 12.7. The molecule has 0 N–H and O–H groups in total. The standard InChI is InChI=1S/C22H31N3O2S/c1-15-5-6-20(28-15)22(27)23-9-7-18(8-10-23)24-12-16-11-17(14-24)19-3-2-4-21(26)25(19)13-16/h5-6,16-19H,2-4,7-14H2,1H3/t16?,17?,19-/m1/s1. The lowest BCUT2D eigenvalue weighted by Crippen LogP contribution is -2.62. The topological polar surface area (TPSA) is 43.9 Å². The van der Waals surface area contributed by atoms with Crippen molar-refractivity contribution in [2.75, 3.05) is 32.7 Å². The Kier molecular flexibility index (Phi) is 4.95. The molecule has 2 amide bonds. The molecule has 0 radical (unpaired) electrons. The summed E-state index contributed by atoms with van der Waals surface area (Å²) in [5.74, 6) is 1.91. The van der Waals surface area contributed by atoms with Crippen molar-refractivity contribution >= 4 is 23.2 Å². The number of rotatable bonds is 2. The van der Waals surface area contributed by atoms with Gasteiger partial charge in [0.05, 0.1) is 4.88 Å².